The third-order valence-corrected chi connectivity index (χ3v) is 7.48. The lowest BCUT2D eigenvalue weighted by Crippen LogP contribution is -2.52. The molecular weight excluding hydrogens is 452 g/mol. The normalized spacial score (nSPS) is 19.5. The van der Waals surface area contributed by atoms with Crippen molar-refractivity contribution in [2.45, 2.75) is 17.4 Å². The number of amidine groups is 1. The van der Waals surface area contributed by atoms with Crippen LogP contribution >= 0.6 is 11.8 Å². The van der Waals surface area contributed by atoms with Gasteiger partial charge in [0.05, 0.1) is 11.2 Å². The number of hydrogen-bond acceptors (Lipinski definition) is 7. The van der Waals surface area contributed by atoms with E-state index < -0.39 is 16.1 Å². The smallest absolute Gasteiger partial charge is 0.289 e. The number of piperazine rings is 1. The summed E-state index contributed by atoms with van der Waals surface area (Å²) in [5, 5.41) is 0. The van der Waals surface area contributed by atoms with E-state index in [1.165, 1.54) is 12.3 Å². The molecule has 2 aliphatic heterocycles. The maximum atomic E-state index is 13.3. The first-order chi connectivity index (χ1) is 15.4. The Balaban J connectivity index is 1.49. The lowest BCUT2D eigenvalue weighted by atomic mass is 10.1. The van der Waals surface area contributed by atoms with Gasteiger partial charge in [-0.3, -0.25) is 19.3 Å². The summed E-state index contributed by atoms with van der Waals surface area (Å²) in [6.45, 7) is 1.56. The molecule has 0 bridgehead atoms. The molecule has 1 aromatic carbocycles. The second-order valence-corrected chi connectivity index (χ2v) is 10.1. The molecule has 0 saturated carbocycles. The number of carbonyl (C=O) groups excluding carboxylic acids is 2. The first-order valence-electron chi connectivity index (χ1n) is 10.2. The van der Waals surface area contributed by atoms with Crippen LogP contribution in [0.25, 0.3) is 0 Å². The van der Waals surface area contributed by atoms with E-state index in [-0.39, 0.29) is 28.3 Å². The van der Waals surface area contributed by atoms with Crippen LogP contribution in [0.4, 0.5) is 0 Å². The minimum absolute atomic E-state index is 0.166. The van der Waals surface area contributed by atoms with Crippen molar-refractivity contribution in [2.75, 3.05) is 38.2 Å². The Morgan fingerprint density at radius 1 is 1.12 bits per heavy atom. The number of benzene rings is 1. The van der Waals surface area contributed by atoms with E-state index in [1.54, 1.807) is 51.9 Å². The highest BCUT2D eigenvalue weighted by molar-refractivity contribution is 7.98. The molecule has 2 aliphatic rings. The molecule has 1 atom stereocenters. The zero-order valence-electron chi connectivity index (χ0n) is 17.6. The Kier molecular flexibility index (Phi) is 6.56. The monoisotopic (exact) mass is 476 g/mol. The Hall–Kier alpha value is -2.79. The predicted molar refractivity (Wildman–Crippen MR) is 121 cm³/mol. The highest BCUT2D eigenvalue weighted by Gasteiger charge is 2.34. The number of fused-ring (bicyclic) bond motifs is 1. The molecule has 11 heteroatoms. The summed E-state index contributed by atoms with van der Waals surface area (Å²) in [5.74, 6) is 0.824. The van der Waals surface area contributed by atoms with Gasteiger partial charge in [0.15, 0.2) is 5.76 Å². The number of aliphatic imine (C=N–C) groups is 1. The molecule has 170 valence electrons. The van der Waals surface area contributed by atoms with Crippen molar-refractivity contribution in [3.05, 3.63) is 54.0 Å². The van der Waals surface area contributed by atoms with E-state index >= 15 is 0 Å². The second kappa shape index (κ2) is 9.37. The molecule has 2 aromatic rings. The Labute approximate surface area is 190 Å². The lowest BCUT2D eigenvalue weighted by Gasteiger charge is -2.35. The van der Waals surface area contributed by atoms with Gasteiger partial charge in [0.1, 0.15) is 11.9 Å². The van der Waals surface area contributed by atoms with E-state index in [1.807, 2.05) is 6.26 Å². The van der Waals surface area contributed by atoms with E-state index in [0.717, 1.165) is 0 Å². The highest BCUT2D eigenvalue weighted by atomic mass is 32.2. The number of hydrogen-bond donors (Lipinski definition) is 1. The minimum Gasteiger partial charge on any atom is -0.459 e. The van der Waals surface area contributed by atoms with Crippen molar-refractivity contribution >= 4 is 39.4 Å². The molecule has 3 heterocycles. The molecule has 1 fully saturated rings. The van der Waals surface area contributed by atoms with Gasteiger partial charge in [0.2, 0.25) is 5.91 Å². The van der Waals surface area contributed by atoms with Gasteiger partial charge in [-0.05, 0) is 42.7 Å². The summed E-state index contributed by atoms with van der Waals surface area (Å²) in [6, 6.07) is 9.17. The van der Waals surface area contributed by atoms with Crippen LogP contribution in [-0.4, -0.2) is 80.1 Å². The van der Waals surface area contributed by atoms with Crippen LogP contribution in [0, 0.1) is 0 Å². The molecule has 1 N–H and O–H groups in total. The van der Waals surface area contributed by atoms with E-state index in [4.69, 9.17) is 4.42 Å². The van der Waals surface area contributed by atoms with Crippen molar-refractivity contribution in [2.24, 2.45) is 4.99 Å². The van der Waals surface area contributed by atoms with Gasteiger partial charge in [0, 0.05) is 31.7 Å². The average Bonchev–Trinajstić information content (AvgIpc) is 3.43. The number of nitrogens with zero attached hydrogens (tertiary/aromatic N) is 3. The quantitative estimate of drug-likeness (QED) is 0.675. The van der Waals surface area contributed by atoms with Gasteiger partial charge in [-0.15, -0.1) is 0 Å². The largest absolute Gasteiger partial charge is 0.459 e. The van der Waals surface area contributed by atoms with Gasteiger partial charge >= 0.3 is 0 Å². The fraction of sp³-hybridized carbons (Fsp3) is 0.381. The lowest BCUT2D eigenvalue weighted by molar-refractivity contribution is -0.134. The number of nitrogens with one attached hydrogen (secondary N) is 1. The van der Waals surface area contributed by atoms with Crippen molar-refractivity contribution < 1.29 is 22.4 Å². The van der Waals surface area contributed by atoms with Crippen molar-refractivity contribution in [1.82, 2.24) is 14.5 Å². The second-order valence-electron chi connectivity index (χ2n) is 7.47. The van der Waals surface area contributed by atoms with Crippen LogP contribution in [0.2, 0.25) is 0 Å². The van der Waals surface area contributed by atoms with Crippen LogP contribution in [-0.2, 0) is 14.8 Å². The average molecular weight is 477 g/mol. The fourth-order valence-corrected chi connectivity index (χ4v) is 5.45. The van der Waals surface area contributed by atoms with E-state index in [9.17, 15) is 18.0 Å². The third-order valence-electron chi connectivity index (χ3n) is 5.44. The van der Waals surface area contributed by atoms with Gasteiger partial charge in [0.25, 0.3) is 15.9 Å². The predicted octanol–water partition coefficient (Wildman–Crippen LogP) is 1.42. The summed E-state index contributed by atoms with van der Waals surface area (Å²) in [5.41, 5.74) is 0.475. The molecule has 2 amide bonds. The number of amides is 2. The molecule has 1 unspecified atom stereocenters. The van der Waals surface area contributed by atoms with Gasteiger partial charge < -0.3 is 14.2 Å². The zero-order chi connectivity index (χ0) is 22.7. The SMILES string of the molecule is CSCCC(N=C1NS(=O)(=O)c2ccccc21)C(=O)N1CCN(C(=O)c2ccco2)CC1. The zero-order valence-corrected chi connectivity index (χ0v) is 19.2. The molecule has 4 rings (SSSR count). The minimum atomic E-state index is -3.67. The molecule has 32 heavy (non-hydrogen) atoms. The molecule has 1 saturated heterocycles. The molecular formula is C21H24N4O5S2. The Bertz CT molecular complexity index is 1120. The van der Waals surface area contributed by atoms with Crippen molar-refractivity contribution in [3.8, 4) is 0 Å². The highest BCUT2D eigenvalue weighted by Crippen LogP contribution is 2.23. The molecule has 1 aromatic heterocycles. The van der Waals surface area contributed by atoms with Gasteiger partial charge in [-0.1, -0.05) is 12.1 Å². The summed E-state index contributed by atoms with van der Waals surface area (Å²) >= 11 is 1.60. The number of sulfonamides is 1. The number of thioether (sulfide) groups is 1. The molecule has 9 nitrogen and oxygen atoms in total. The fourth-order valence-electron chi connectivity index (χ4n) is 3.76. The van der Waals surface area contributed by atoms with E-state index in [2.05, 4.69) is 9.71 Å². The Morgan fingerprint density at radius 2 is 1.84 bits per heavy atom. The standard InChI is InChI=1S/C21H24N4O5S2/c1-31-14-8-16(22-19-15-5-2-3-7-18(15)32(28,29)23-19)20(26)24-9-11-25(12-10-24)21(27)17-6-4-13-30-17/h2-7,13,16H,8-12,14H2,1H3,(H,22,23). The molecule has 0 aliphatic carbocycles. The maximum Gasteiger partial charge on any atom is 0.289 e. The van der Waals surface area contributed by atoms with Crippen molar-refractivity contribution in [3.63, 3.8) is 0 Å². The topological polar surface area (TPSA) is 112 Å². The van der Waals surface area contributed by atoms with Crippen molar-refractivity contribution in [1.29, 1.82) is 0 Å². The Morgan fingerprint density at radius 3 is 2.53 bits per heavy atom. The van der Waals surface area contributed by atoms with Crippen LogP contribution in [0.3, 0.4) is 0 Å². The van der Waals surface area contributed by atoms with E-state index in [0.29, 0.717) is 43.9 Å². The van der Waals surface area contributed by atoms with Gasteiger partial charge in [-0.2, -0.15) is 11.8 Å². The molecule has 0 spiro atoms. The first kappa shape index (κ1) is 22.4. The summed E-state index contributed by atoms with van der Waals surface area (Å²) in [4.78, 5) is 33.8. The molecule has 0 radical (unpaired) electrons. The summed E-state index contributed by atoms with van der Waals surface area (Å²) in [7, 11) is -3.67. The van der Waals surface area contributed by atoms with Gasteiger partial charge in [-0.25, -0.2) is 8.42 Å². The van der Waals surface area contributed by atoms with Crippen LogP contribution in [0.1, 0.15) is 22.5 Å². The van der Waals surface area contributed by atoms with Crippen LogP contribution in [0.15, 0.2) is 57.0 Å². The maximum absolute atomic E-state index is 13.3. The number of carbonyl (C=O) groups is 2. The first-order valence-corrected chi connectivity index (χ1v) is 13.1. The van der Waals surface area contributed by atoms with Crippen LogP contribution < -0.4 is 4.72 Å². The summed E-state index contributed by atoms with van der Waals surface area (Å²) in [6.07, 6.45) is 3.89. The number of rotatable bonds is 6. The third kappa shape index (κ3) is 4.53. The number of furan rings is 1. The van der Waals surface area contributed by atoms with Crippen LogP contribution in [0.5, 0.6) is 0 Å². The summed E-state index contributed by atoms with van der Waals surface area (Å²) < 4.78 is 32.4.